The van der Waals surface area contributed by atoms with E-state index in [4.69, 9.17) is 0 Å². The molecule has 0 fully saturated rings. The highest BCUT2D eigenvalue weighted by atomic mass is 19.1. The third kappa shape index (κ3) is 3.35. The van der Waals surface area contributed by atoms with Crippen molar-refractivity contribution in [3.63, 3.8) is 0 Å². The van der Waals surface area contributed by atoms with Crippen LogP contribution in [-0.4, -0.2) is 20.6 Å². The number of carbonyl (C=O) groups excluding carboxylic acids is 1. The van der Waals surface area contributed by atoms with E-state index in [-0.39, 0.29) is 18.0 Å². The number of carbonyl (C=O) groups is 1. The Labute approximate surface area is 150 Å². The molecule has 0 saturated heterocycles. The third-order valence-corrected chi connectivity index (χ3v) is 4.27. The van der Waals surface area contributed by atoms with E-state index in [1.807, 2.05) is 41.4 Å². The Morgan fingerprint density at radius 1 is 1.04 bits per heavy atom. The van der Waals surface area contributed by atoms with Gasteiger partial charge in [-0.3, -0.25) is 4.79 Å². The van der Waals surface area contributed by atoms with Crippen molar-refractivity contribution in [2.45, 2.75) is 12.8 Å². The third-order valence-electron chi connectivity index (χ3n) is 4.27. The van der Waals surface area contributed by atoms with Crippen molar-refractivity contribution in [2.24, 2.45) is 0 Å². The first kappa shape index (κ1) is 16.1. The van der Waals surface area contributed by atoms with Crippen LogP contribution in [0.4, 0.5) is 4.39 Å². The van der Waals surface area contributed by atoms with Gasteiger partial charge in [0, 0.05) is 31.2 Å². The highest BCUT2D eigenvalue weighted by molar-refractivity contribution is 5.88. The summed E-state index contributed by atoms with van der Waals surface area (Å²) in [6, 6.07) is 16.3. The fourth-order valence-electron chi connectivity index (χ4n) is 2.94. The van der Waals surface area contributed by atoms with Crippen molar-refractivity contribution in [1.29, 1.82) is 0 Å². The number of nitrogens with zero attached hydrogens (tertiary/aromatic N) is 3. The summed E-state index contributed by atoms with van der Waals surface area (Å²) in [4.78, 5) is 13.7. The van der Waals surface area contributed by atoms with E-state index in [0.717, 1.165) is 16.7 Å². The minimum Gasteiger partial charge on any atom is -0.335 e. The molecule has 2 heterocycles. The summed E-state index contributed by atoms with van der Waals surface area (Å²) in [5, 5.41) is 7.12. The van der Waals surface area contributed by atoms with Crippen molar-refractivity contribution < 1.29 is 9.18 Å². The van der Waals surface area contributed by atoms with Crippen LogP contribution in [0.3, 0.4) is 0 Å². The molecule has 26 heavy (non-hydrogen) atoms. The van der Waals surface area contributed by atoms with Crippen LogP contribution in [0.1, 0.15) is 11.9 Å². The number of benzene rings is 2. The van der Waals surface area contributed by atoms with Gasteiger partial charge in [-0.2, -0.15) is 5.10 Å². The molecule has 3 aromatic rings. The molecule has 0 saturated carbocycles. The Morgan fingerprint density at radius 2 is 1.73 bits per heavy atom. The Balaban J connectivity index is 1.53. The smallest absolute Gasteiger partial charge is 0.248 e. The molecule has 1 aliphatic heterocycles. The van der Waals surface area contributed by atoms with Crippen LogP contribution in [-0.2, 0) is 11.3 Å². The first-order valence-corrected chi connectivity index (χ1v) is 8.27. The van der Waals surface area contributed by atoms with Crippen molar-refractivity contribution in [1.82, 2.24) is 20.0 Å². The number of rotatable bonds is 4. The van der Waals surface area contributed by atoms with Gasteiger partial charge in [-0.15, -0.1) is 0 Å². The Hall–Kier alpha value is -3.41. The predicted molar refractivity (Wildman–Crippen MR) is 95.9 cm³/mol. The highest BCUT2D eigenvalue weighted by Gasteiger charge is 2.23. The lowest BCUT2D eigenvalue weighted by molar-refractivity contribution is -0.120. The zero-order valence-corrected chi connectivity index (χ0v) is 13.9. The van der Waals surface area contributed by atoms with Gasteiger partial charge < -0.3 is 10.2 Å². The molecule has 1 amide bonds. The molecule has 0 spiro atoms. The van der Waals surface area contributed by atoms with E-state index in [2.05, 4.69) is 10.4 Å². The van der Waals surface area contributed by atoms with E-state index in [0.29, 0.717) is 6.54 Å². The molecule has 1 atom stereocenters. The molecule has 1 aliphatic rings. The van der Waals surface area contributed by atoms with E-state index >= 15 is 0 Å². The normalized spacial score (nSPS) is 16.6. The van der Waals surface area contributed by atoms with Gasteiger partial charge in [0.2, 0.25) is 12.2 Å². The van der Waals surface area contributed by atoms with Gasteiger partial charge >= 0.3 is 0 Å². The number of halogens is 1. The molecule has 0 radical (unpaired) electrons. The van der Waals surface area contributed by atoms with E-state index < -0.39 is 0 Å². The number of amides is 1. The van der Waals surface area contributed by atoms with Crippen molar-refractivity contribution in [3.05, 3.63) is 90.6 Å². The van der Waals surface area contributed by atoms with Crippen LogP contribution >= 0.6 is 0 Å². The first-order valence-electron chi connectivity index (χ1n) is 8.27. The first-order chi connectivity index (χ1) is 12.7. The summed E-state index contributed by atoms with van der Waals surface area (Å²) in [7, 11) is 0. The molecule has 1 N–H and O–H groups in total. The summed E-state index contributed by atoms with van der Waals surface area (Å²) in [6.45, 7) is 0.616. The second kappa shape index (κ2) is 6.84. The van der Waals surface area contributed by atoms with Crippen molar-refractivity contribution >= 4 is 5.91 Å². The van der Waals surface area contributed by atoms with Gasteiger partial charge in [0.25, 0.3) is 0 Å². The zero-order valence-electron chi connectivity index (χ0n) is 13.9. The predicted octanol–water partition coefficient (Wildman–Crippen LogP) is 3.29. The van der Waals surface area contributed by atoms with E-state index in [9.17, 15) is 9.18 Å². The Morgan fingerprint density at radius 3 is 2.38 bits per heavy atom. The fourth-order valence-corrected chi connectivity index (χ4v) is 2.94. The highest BCUT2D eigenvalue weighted by Crippen LogP contribution is 2.22. The van der Waals surface area contributed by atoms with Gasteiger partial charge in [0.05, 0.1) is 0 Å². The minimum atomic E-state index is -0.362. The van der Waals surface area contributed by atoms with Crippen LogP contribution < -0.4 is 5.32 Å². The molecule has 5 nitrogen and oxygen atoms in total. The molecule has 0 bridgehead atoms. The zero-order chi connectivity index (χ0) is 17.9. The summed E-state index contributed by atoms with van der Waals surface area (Å²) < 4.78 is 14.8. The van der Waals surface area contributed by atoms with Gasteiger partial charge in [-0.1, -0.05) is 36.4 Å². The lowest BCUT2D eigenvalue weighted by Gasteiger charge is -2.33. The summed E-state index contributed by atoms with van der Waals surface area (Å²) >= 11 is 0. The lowest BCUT2D eigenvalue weighted by Crippen LogP contribution is -2.44. The molecule has 0 aliphatic carbocycles. The van der Waals surface area contributed by atoms with Gasteiger partial charge in [0.15, 0.2) is 0 Å². The second-order valence-electron chi connectivity index (χ2n) is 6.06. The average Bonchev–Trinajstić information content (AvgIpc) is 3.19. The molecule has 2 aromatic carbocycles. The van der Waals surface area contributed by atoms with Crippen LogP contribution in [0.2, 0.25) is 0 Å². The number of hydrogen-bond donors (Lipinski definition) is 1. The monoisotopic (exact) mass is 348 g/mol. The Bertz CT molecular complexity index is 917. The summed E-state index contributed by atoms with van der Waals surface area (Å²) in [5.41, 5.74) is 3.09. The van der Waals surface area contributed by atoms with Crippen molar-refractivity contribution in [3.8, 4) is 11.1 Å². The summed E-state index contributed by atoms with van der Waals surface area (Å²) in [5.74, 6) is -0.387. The van der Waals surface area contributed by atoms with Crippen molar-refractivity contribution in [2.75, 3.05) is 0 Å². The standard InChI is InChI=1S/C20H17FN4O/c21-18-8-6-17(7-9-18)16-4-2-15(3-5-16)14-24-13-10-19(26)23-20(24)25-12-1-11-22-25/h1-13,20H,14H2,(H,23,26). The van der Waals surface area contributed by atoms with E-state index in [1.165, 1.54) is 18.2 Å². The van der Waals surface area contributed by atoms with Crippen LogP contribution in [0.5, 0.6) is 0 Å². The maximum absolute atomic E-state index is 13.1. The van der Waals surface area contributed by atoms with Crippen LogP contribution in [0.15, 0.2) is 79.3 Å². The molecule has 1 aromatic heterocycles. The Kier molecular flexibility index (Phi) is 4.23. The van der Waals surface area contributed by atoms with Gasteiger partial charge in [-0.05, 0) is 34.9 Å². The van der Waals surface area contributed by atoms with Gasteiger partial charge in [0.1, 0.15) is 5.82 Å². The van der Waals surface area contributed by atoms with Gasteiger partial charge in [-0.25, -0.2) is 9.07 Å². The topological polar surface area (TPSA) is 50.2 Å². The fraction of sp³-hybridized carbons (Fsp3) is 0.100. The maximum atomic E-state index is 13.1. The molecule has 130 valence electrons. The molecule has 6 heteroatoms. The lowest BCUT2D eigenvalue weighted by atomic mass is 10.0. The minimum absolute atomic E-state index is 0.145. The molecule has 4 rings (SSSR count). The summed E-state index contributed by atoms with van der Waals surface area (Å²) in [6.07, 6.45) is 6.42. The number of hydrogen-bond acceptors (Lipinski definition) is 3. The molecular formula is C20H17FN4O. The van der Waals surface area contributed by atoms with E-state index in [1.54, 1.807) is 29.2 Å². The maximum Gasteiger partial charge on any atom is 0.248 e. The SMILES string of the molecule is O=C1C=CN(Cc2ccc(-c3ccc(F)cc3)cc2)C(n2cccn2)N1. The molecule has 1 unspecified atom stereocenters. The van der Waals surface area contributed by atoms with Crippen LogP contribution in [0.25, 0.3) is 11.1 Å². The average molecular weight is 348 g/mol. The molecular weight excluding hydrogens is 331 g/mol. The number of aromatic nitrogens is 2. The van der Waals surface area contributed by atoms with Crippen LogP contribution in [0, 0.1) is 5.82 Å². The second-order valence-corrected chi connectivity index (χ2v) is 6.06. The number of nitrogens with one attached hydrogen (secondary N) is 1. The quantitative estimate of drug-likeness (QED) is 0.787. The largest absolute Gasteiger partial charge is 0.335 e.